The van der Waals surface area contributed by atoms with Crippen molar-refractivity contribution in [2.24, 2.45) is 0 Å². The molecule has 11 aromatic carbocycles. The summed E-state index contributed by atoms with van der Waals surface area (Å²) in [6.07, 6.45) is -1.55. The van der Waals surface area contributed by atoms with Gasteiger partial charge >= 0.3 is 0 Å². The van der Waals surface area contributed by atoms with Crippen molar-refractivity contribution in [3.8, 4) is 0 Å². The van der Waals surface area contributed by atoms with Crippen LogP contribution in [0.1, 0.15) is 34.5 Å². The van der Waals surface area contributed by atoms with E-state index < -0.39 is 12.2 Å². The molecular formula is C46H28O2. The third kappa shape index (κ3) is 3.43. The molecule has 0 aromatic heterocycles. The summed E-state index contributed by atoms with van der Waals surface area (Å²) < 4.78 is 0. The molecule has 2 unspecified atom stereocenters. The molecule has 0 aliphatic heterocycles. The van der Waals surface area contributed by atoms with Crippen LogP contribution in [0.2, 0.25) is 0 Å². The zero-order valence-electron chi connectivity index (χ0n) is 25.9. The molecule has 0 heterocycles. The first-order chi connectivity index (χ1) is 23.6. The minimum Gasteiger partial charge on any atom is -0.384 e. The Hall–Kier alpha value is -5.80. The zero-order chi connectivity index (χ0) is 31.7. The highest BCUT2D eigenvalue weighted by Crippen LogP contribution is 2.51. The molecule has 2 heteroatoms. The van der Waals surface area contributed by atoms with Crippen molar-refractivity contribution in [1.29, 1.82) is 0 Å². The molecule has 0 fully saturated rings. The van der Waals surface area contributed by atoms with E-state index in [0.717, 1.165) is 65.3 Å². The number of hydrogen-bond acceptors (Lipinski definition) is 2. The summed E-state index contributed by atoms with van der Waals surface area (Å²) in [6, 6.07) is 51.2. The summed E-state index contributed by atoms with van der Waals surface area (Å²) in [6.45, 7) is 0. The van der Waals surface area contributed by atoms with Crippen LogP contribution in [-0.4, -0.2) is 10.2 Å². The lowest BCUT2D eigenvalue weighted by Crippen LogP contribution is -2.04. The van der Waals surface area contributed by atoms with Gasteiger partial charge < -0.3 is 10.2 Å². The Balaban J connectivity index is 1.22. The van der Waals surface area contributed by atoms with Crippen molar-refractivity contribution >= 4 is 86.2 Å². The van der Waals surface area contributed by atoms with E-state index >= 15 is 0 Å². The highest BCUT2D eigenvalue weighted by Gasteiger charge is 2.26. The summed E-state index contributed by atoms with van der Waals surface area (Å²) in [7, 11) is 0. The molecule has 0 saturated carbocycles. The Morgan fingerprint density at radius 1 is 0.292 bits per heavy atom. The fourth-order valence-electron chi connectivity index (χ4n) is 8.71. The average molecular weight is 613 g/mol. The predicted molar refractivity (Wildman–Crippen MR) is 201 cm³/mol. The van der Waals surface area contributed by atoms with E-state index in [1.165, 1.54) is 43.1 Å². The first-order valence-corrected chi connectivity index (χ1v) is 16.6. The number of hydrogen-bond donors (Lipinski definition) is 2. The van der Waals surface area contributed by atoms with Crippen molar-refractivity contribution in [3.05, 3.63) is 168 Å². The van der Waals surface area contributed by atoms with Crippen LogP contribution in [-0.2, 0) is 0 Å². The molecule has 2 N–H and O–H groups in total. The van der Waals surface area contributed by atoms with E-state index in [1.807, 2.05) is 24.3 Å². The van der Waals surface area contributed by atoms with Gasteiger partial charge in [0.1, 0.15) is 12.2 Å². The van der Waals surface area contributed by atoms with Crippen molar-refractivity contribution in [1.82, 2.24) is 0 Å². The molecule has 0 saturated heterocycles. The third-order valence-corrected chi connectivity index (χ3v) is 10.9. The minimum atomic E-state index is -0.775. The largest absolute Gasteiger partial charge is 0.384 e. The first-order valence-electron chi connectivity index (χ1n) is 16.6. The Morgan fingerprint density at radius 2 is 0.646 bits per heavy atom. The van der Waals surface area contributed by atoms with Crippen LogP contribution in [0.5, 0.6) is 0 Å². The van der Waals surface area contributed by atoms with Crippen LogP contribution in [0.25, 0.3) is 86.2 Å². The van der Waals surface area contributed by atoms with Gasteiger partial charge in [-0.3, -0.25) is 0 Å². The summed E-state index contributed by atoms with van der Waals surface area (Å²) >= 11 is 0. The number of fused-ring (bicyclic) bond motifs is 2. The van der Waals surface area contributed by atoms with E-state index in [4.69, 9.17) is 0 Å². The molecule has 11 aromatic rings. The second kappa shape index (κ2) is 9.39. The molecule has 2 nitrogen and oxygen atoms in total. The smallest absolute Gasteiger partial charge is 0.105 e. The summed E-state index contributed by atoms with van der Waals surface area (Å²) in [5.74, 6) is 0. The lowest BCUT2D eigenvalue weighted by Gasteiger charge is -2.25. The van der Waals surface area contributed by atoms with Crippen LogP contribution in [0.15, 0.2) is 146 Å². The highest BCUT2D eigenvalue weighted by atomic mass is 16.3. The molecule has 48 heavy (non-hydrogen) atoms. The van der Waals surface area contributed by atoms with Crippen LogP contribution in [0.4, 0.5) is 0 Å². The molecule has 0 radical (unpaired) electrons. The van der Waals surface area contributed by atoms with Gasteiger partial charge in [0, 0.05) is 0 Å². The molecular weight excluding hydrogens is 585 g/mol. The van der Waals surface area contributed by atoms with Gasteiger partial charge in [-0.05, 0) is 133 Å². The standard InChI is InChI=1S/C46H28O2/c47-45(33-15-9-25-5-1-3-7-29(25)21-33)37-23-31-13-11-28-18-20-36-38(46(48)34-16-10-26-6-2-4-8-30(26)22-34)24-32-14-12-27-17-19-35(37)43-39(27)42(32)44(36)40(28)41(31)43/h1-24,45-48H. The molecule has 224 valence electrons. The van der Waals surface area contributed by atoms with Crippen LogP contribution in [0, 0.1) is 0 Å². The Labute approximate surface area is 275 Å². The second-order valence-corrected chi connectivity index (χ2v) is 13.4. The Kier molecular flexibility index (Phi) is 5.14. The minimum absolute atomic E-state index is 0.775. The van der Waals surface area contributed by atoms with E-state index in [1.54, 1.807) is 0 Å². The number of aliphatic hydroxyl groups excluding tert-OH is 2. The van der Waals surface area contributed by atoms with E-state index in [2.05, 4.69) is 121 Å². The predicted octanol–water partition coefficient (Wildman–Crippen LogP) is 11.4. The monoisotopic (exact) mass is 612 g/mol. The molecule has 0 bridgehead atoms. The lowest BCUT2D eigenvalue weighted by atomic mass is 9.79. The summed E-state index contributed by atoms with van der Waals surface area (Å²) in [5, 5.41) is 42.8. The SMILES string of the molecule is OC(c1ccc2ccccc2c1)c1cc2ccc3ccc4c(C(O)c5ccc6ccccc6c5)cc5ccc6ccc1c1c6c5c4c3c21. The zero-order valence-corrected chi connectivity index (χ0v) is 25.9. The molecule has 0 spiro atoms. The maximum atomic E-state index is 12.0. The fraction of sp³-hybridized carbons (Fsp3) is 0.0435. The Morgan fingerprint density at radius 3 is 1.10 bits per heavy atom. The summed E-state index contributed by atoms with van der Waals surface area (Å²) in [4.78, 5) is 0. The van der Waals surface area contributed by atoms with E-state index in [9.17, 15) is 10.2 Å². The van der Waals surface area contributed by atoms with Crippen LogP contribution in [0.3, 0.4) is 0 Å². The first kappa shape index (κ1) is 26.3. The summed E-state index contributed by atoms with van der Waals surface area (Å²) in [5.41, 5.74) is 3.62. The third-order valence-electron chi connectivity index (χ3n) is 10.9. The highest BCUT2D eigenvalue weighted by molar-refractivity contribution is 6.45. The van der Waals surface area contributed by atoms with E-state index in [0.29, 0.717) is 0 Å². The number of rotatable bonds is 4. The lowest BCUT2D eigenvalue weighted by molar-refractivity contribution is 0.222. The van der Waals surface area contributed by atoms with Gasteiger partial charge in [0.2, 0.25) is 0 Å². The molecule has 0 aliphatic rings. The topological polar surface area (TPSA) is 40.5 Å². The Bertz CT molecular complexity index is 2820. The quantitative estimate of drug-likeness (QED) is 0.153. The average Bonchev–Trinajstić information content (AvgIpc) is 3.15. The van der Waals surface area contributed by atoms with Crippen molar-refractivity contribution in [2.75, 3.05) is 0 Å². The fourth-order valence-corrected chi connectivity index (χ4v) is 8.71. The number of benzene rings is 11. The molecule has 0 aliphatic carbocycles. The molecule has 11 rings (SSSR count). The second-order valence-electron chi connectivity index (χ2n) is 13.4. The van der Waals surface area contributed by atoms with Gasteiger partial charge in [-0.1, -0.05) is 121 Å². The van der Waals surface area contributed by atoms with Gasteiger partial charge in [0.05, 0.1) is 0 Å². The van der Waals surface area contributed by atoms with E-state index in [-0.39, 0.29) is 0 Å². The van der Waals surface area contributed by atoms with Gasteiger partial charge in [-0.25, -0.2) is 0 Å². The van der Waals surface area contributed by atoms with Gasteiger partial charge in [0.25, 0.3) is 0 Å². The van der Waals surface area contributed by atoms with Gasteiger partial charge in [-0.15, -0.1) is 0 Å². The van der Waals surface area contributed by atoms with Crippen molar-refractivity contribution in [3.63, 3.8) is 0 Å². The van der Waals surface area contributed by atoms with Gasteiger partial charge in [0.15, 0.2) is 0 Å². The van der Waals surface area contributed by atoms with Crippen LogP contribution < -0.4 is 0 Å². The maximum Gasteiger partial charge on any atom is 0.105 e. The molecule has 2 atom stereocenters. The van der Waals surface area contributed by atoms with Gasteiger partial charge in [-0.2, -0.15) is 0 Å². The van der Waals surface area contributed by atoms with Crippen molar-refractivity contribution in [2.45, 2.75) is 12.2 Å². The normalized spacial score (nSPS) is 13.9. The number of aliphatic hydroxyl groups is 2. The van der Waals surface area contributed by atoms with Crippen molar-refractivity contribution < 1.29 is 10.2 Å². The maximum absolute atomic E-state index is 12.0. The van der Waals surface area contributed by atoms with Crippen LogP contribution >= 0.6 is 0 Å². The molecule has 0 amide bonds.